The lowest BCUT2D eigenvalue weighted by Crippen LogP contribution is -2.47. The molecule has 154 valence electrons. The fraction of sp³-hybridized carbons (Fsp3) is 0.333. The molecule has 0 heterocycles. The zero-order chi connectivity index (χ0) is 21.2. The summed E-state index contributed by atoms with van der Waals surface area (Å²) in [5, 5.41) is 16.5. The molecule has 0 spiro atoms. The molecule has 0 saturated carbocycles. The van der Waals surface area contributed by atoms with Gasteiger partial charge in [-0.2, -0.15) is 11.8 Å². The first-order valence-corrected chi connectivity index (χ1v) is 10.7. The minimum Gasteiger partial charge on any atom is -0.354 e. The standard InChI is InChI=1S/C21H25N3O4S/c1-15(16-7-4-3-5-8-16)14-22-21(26)19(11-12-29-2)23-20(25)17-9-6-10-18(13-17)24(27)28/h3-10,13,15,19H,11-12,14H2,1-2H3,(H,22,26)(H,23,25). The Morgan fingerprint density at radius 2 is 1.86 bits per heavy atom. The van der Waals surface area contributed by atoms with E-state index in [0.717, 1.165) is 5.56 Å². The number of amides is 2. The third kappa shape index (κ3) is 6.90. The average Bonchev–Trinajstić information content (AvgIpc) is 2.75. The van der Waals surface area contributed by atoms with E-state index in [1.165, 1.54) is 24.3 Å². The SMILES string of the molecule is CSCCC(NC(=O)c1cccc([N+](=O)[O-])c1)C(=O)NCC(C)c1ccccc1. The number of thioether (sulfide) groups is 1. The number of non-ortho nitro benzene ring substituents is 1. The summed E-state index contributed by atoms with van der Waals surface area (Å²) in [6.45, 7) is 2.47. The van der Waals surface area contributed by atoms with Crippen LogP contribution in [0.15, 0.2) is 54.6 Å². The molecule has 0 radical (unpaired) electrons. The lowest BCUT2D eigenvalue weighted by atomic mass is 10.0. The molecule has 0 fully saturated rings. The molecule has 7 nitrogen and oxygen atoms in total. The van der Waals surface area contributed by atoms with Crippen molar-refractivity contribution in [3.8, 4) is 0 Å². The fourth-order valence-electron chi connectivity index (χ4n) is 2.78. The molecule has 2 aromatic carbocycles. The maximum Gasteiger partial charge on any atom is 0.270 e. The van der Waals surface area contributed by atoms with Crippen molar-refractivity contribution in [2.75, 3.05) is 18.6 Å². The summed E-state index contributed by atoms with van der Waals surface area (Å²) < 4.78 is 0. The van der Waals surface area contributed by atoms with Gasteiger partial charge in [0.25, 0.3) is 11.6 Å². The lowest BCUT2D eigenvalue weighted by molar-refractivity contribution is -0.384. The number of benzene rings is 2. The number of rotatable bonds is 10. The number of nitro groups is 1. The number of carbonyl (C=O) groups excluding carboxylic acids is 2. The van der Waals surface area contributed by atoms with Gasteiger partial charge in [-0.3, -0.25) is 19.7 Å². The van der Waals surface area contributed by atoms with E-state index >= 15 is 0 Å². The Hall–Kier alpha value is -2.87. The van der Waals surface area contributed by atoms with Gasteiger partial charge in [-0.1, -0.05) is 43.3 Å². The molecule has 0 aliphatic carbocycles. The maximum atomic E-state index is 12.7. The van der Waals surface area contributed by atoms with E-state index in [0.29, 0.717) is 18.7 Å². The fourth-order valence-corrected chi connectivity index (χ4v) is 3.25. The van der Waals surface area contributed by atoms with Crippen molar-refractivity contribution in [1.29, 1.82) is 0 Å². The van der Waals surface area contributed by atoms with Gasteiger partial charge in [0.15, 0.2) is 0 Å². The molecule has 0 aliphatic heterocycles. The van der Waals surface area contributed by atoms with Gasteiger partial charge in [0.2, 0.25) is 5.91 Å². The zero-order valence-electron chi connectivity index (χ0n) is 16.5. The number of carbonyl (C=O) groups is 2. The molecule has 29 heavy (non-hydrogen) atoms. The van der Waals surface area contributed by atoms with Gasteiger partial charge in [-0.25, -0.2) is 0 Å². The monoisotopic (exact) mass is 415 g/mol. The van der Waals surface area contributed by atoms with E-state index in [1.54, 1.807) is 11.8 Å². The molecule has 0 saturated heterocycles. The molecule has 2 amide bonds. The van der Waals surface area contributed by atoms with E-state index in [9.17, 15) is 19.7 Å². The number of nitrogens with one attached hydrogen (secondary N) is 2. The Balaban J connectivity index is 2.02. The molecule has 2 rings (SSSR count). The van der Waals surface area contributed by atoms with Crippen molar-refractivity contribution in [3.63, 3.8) is 0 Å². The van der Waals surface area contributed by atoms with Crippen LogP contribution in [0, 0.1) is 10.1 Å². The summed E-state index contributed by atoms with van der Waals surface area (Å²) in [5.74, 6) is 0.0575. The van der Waals surface area contributed by atoms with Crippen LogP contribution in [0.4, 0.5) is 5.69 Å². The summed E-state index contributed by atoms with van der Waals surface area (Å²) in [6.07, 6.45) is 2.39. The van der Waals surface area contributed by atoms with Crippen molar-refractivity contribution >= 4 is 29.3 Å². The highest BCUT2D eigenvalue weighted by Gasteiger charge is 2.22. The van der Waals surface area contributed by atoms with Gasteiger partial charge in [0, 0.05) is 24.2 Å². The quantitative estimate of drug-likeness (QED) is 0.458. The lowest BCUT2D eigenvalue weighted by Gasteiger charge is -2.20. The molecule has 0 aliphatic rings. The predicted octanol–water partition coefficient (Wildman–Crippen LogP) is 3.37. The van der Waals surface area contributed by atoms with E-state index in [-0.39, 0.29) is 23.1 Å². The van der Waals surface area contributed by atoms with Gasteiger partial charge in [0.1, 0.15) is 6.04 Å². The van der Waals surface area contributed by atoms with E-state index in [4.69, 9.17) is 0 Å². The van der Waals surface area contributed by atoms with Gasteiger partial charge in [-0.05, 0) is 36.0 Å². The van der Waals surface area contributed by atoms with E-state index in [1.807, 2.05) is 43.5 Å². The van der Waals surface area contributed by atoms with Crippen LogP contribution in [0.3, 0.4) is 0 Å². The van der Waals surface area contributed by atoms with Gasteiger partial charge in [-0.15, -0.1) is 0 Å². The van der Waals surface area contributed by atoms with Crippen LogP contribution in [0.1, 0.15) is 35.2 Å². The summed E-state index contributed by atoms with van der Waals surface area (Å²) in [7, 11) is 0. The second-order valence-electron chi connectivity index (χ2n) is 6.67. The van der Waals surface area contributed by atoms with Crippen molar-refractivity contribution in [3.05, 3.63) is 75.8 Å². The normalized spacial score (nSPS) is 12.6. The Bertz CT molecular complexity index is 845. The van der Waals surface area contributed by atoms with E-state index < -0.39 is 16.9 Å². The van der Waals surface area contributed by atoms with Crippen LogP contribution in [0.25, 0.3) is 0 Å². The summed E-state index contributed by atoms with van der Waals surface area (Å²) in [5.41, 5.74) is 1.10. The molecular formula is C21H25N3O4S. The van der Waals surface area contributed by atoms with Crippen molar-refractivity contribution in [1.82, 2.24) is 10.6 Å². The minimum absolute atomic E-state index is 0.133. The third-order valence-corrected chi connectivity index (χ3v) is 5.15. The molecule has 2 unspecified atom stereocenters. The molecule has 8 heteroatoms. The average molecular weight is 416 g/mol. The first kappa shape index (κ1) is 22.4. The highest BCUT2D eigenvalue weighted by atomic mass is 32.2. The minimum atomic E-state index is -0.711. The number of hydrogen-bond acceptors (Lipinski definition) is 5. The predicted molar refractivity (Wildman–Crippen MR) is 115 cm³/mol. The molecule has 2 atom stereocenters. The van der Waals surface area contributed by atoms with E-state index in [2.05, 4.69) is 10.6 Å². The second kappa shape index (κ2) is 11.2. The Morgan fingerprint density at radius 1 is 1.14 bits per heavy atom. The van der Waals surface area contributed by atoms with Crippen LogP contribution < -0.4 is 10.6 Å². The highest BCUT2D eigenvalue weighted by Crippen LogP contribution is 2.15. The molecular weight excluding hydrogens is 390 g/mol. The van der Waals surface area contributed by atoms with Crippen LogP contribution >= 0.6 is 11.8 Å². The summed E-state index contributed by atoms with van der Waals surface area (Å²) in [6, 6.07) is 14.6. The maximum absolute atomic E-state index is 12.7. The second-order valence-corrected chi connectivity index (χ2v) is 7.66. The van der Waals surface area contributed by atoms with Gasteiger partial charge < -0.3 is 10.6 Å². The van der Waals surface area contributed by atoms with Crippen LogP contribution in [-0.2, 0) is 4.79 Å². The molecule has 0 aromatic heterocycles. The number of nitrogens with zero attached hydrogens (tertiary/aromatic N) is 1. The third-order valence-electron chi connectivity index (χ3n) is 4.50. The Labute approximate surface area is 174 Å². The van der Waals surface area contributed by atoms with Crippen LogP contribution in [-0.4, -0.2) is 41.3 Å². The first-order valence-electron chi connectivity index (χ1n) is 9.29. The zero-order valence-corrected chi connectivity index (χ0v) is 17.3. The Morgan fingerprint density at radius 3 is 2.52 bits per heavy atom. The van der Waals surface area contributed by atoms with Crippen molar-refractivity contribution in [2.24, 2.45) is 0 Å². The number of hydrogen-bond donors (Lipinski definition) is 2. The van der Waals surface area contributed by atoms with Crippen LogP contribution in [0.5, 0.6) is 0 Å². The van der Waals surface area contributed by atoms with Gasteiger partial charge >= 0.3 is 0 Å². The highest BCUT2D eigenvalue weighted by molar-refractivity contribution is 7.98. The molecule has 2 aromatic rings. The smallest absolute Gasteiger partial charge is 0.270 e. The van der Waals surface area contributed by atoms with Crippen molar-refractivity contribution < 1.29 is 14.5 Å². The summed E-state index contributed by atoms with van der Waals surface area (Å²) >= 11 is 1.58. The Kier molecular flexibility index (Phi) is 8.67. The van der Waals surface area contributed by atoms with Gasteiger partial charge in [0.05, 0.1) is 4.92 Å². The molecule has 2 N–H and O–H groups in total. The number of nitro benzene ring substituents is 1. The molecule has 0 bridgehead atoms. The largest absolute Gasteiger partial charge is 0.354 e. The van der Waals surface area contributed by atoms with Crippen molar-refractivity contribution in [2.45, 2.75) is 25.3 Å². The topological polar surface area (TPSA) is 101 Å². The first-order chi connectivity index (χ1) is 13.9. The van der Waals surface area contributed by atoms with Crippen LogP contribution in [0.2, 0.25) is 0 Å². The summed E-state index contributed by atoms with van der Waals surface area (Å²) in [4.78, 5) is 35.6.